The second kappa shape index (κ2) is 4.99. The lowest BCUT2D eigenvalue weighted by Crippen LogP contribution is -2.45. The number of hydrogen-bond acceptors (Lipinski definition) is 5. The molecule has 0 spiro atoms. The number of nitrogens with zero attached hydrogens (tertiary/aromatic N) is 4. The van der Waals surface area contributed by atoms with E-state index < -0.39 is 10.0 Å². The van der Waals surface area contributed by atoms with Crippen LogP contribution in [-0.4, -0.2) is 53.5 Å². The average Bonchev–Trinajstić information content (AvgIpc) is 3.28. The molecule has 2 aliphatic heterocycles. The van der Waals surface area contributed by atoms with Crippen LogP contribution in [0.15, 0.2) is 18.7 Å². The van der Waals surface area contributed by atoms with Crippen molar-refractivity contribution < 1.29 is 13.2 Å². The van der Waals surface area contributed by atoms with Crippen LogP contribution >= 0.6 is 0 Å². The SMILES string of the molecule is O=C1[C@@H]2CN(S(=O)(=O)C3CC3)C[C@@H]2CCN1c1cncnc1. The number of carbonyl (C=O) groups excluding carboxylic acids is 1. The van der Waals surface area contributed by atoms with Crippen LogP contribution in [0.2, 0.25) is 0 Å². The van der Waals surface area contributed by atoms with Gasteiger partial charge >= 0.3 is 0 Å². The highest BCUT2D eigenvalue weighted by atomic mass is 32.2. The zero-order valence-corrected chi connectivity index (χ0v) is 12.9. The van der Waals surface area contributed by atoms with Gasteiger partial charge in [-0.2, -0.15) is 0 Å². The minimum absolute atomic E-state index is 0.000420. The zero-order valence-electron chi connectivity index (χ0n) is 12.1. The summed E-state index contributed by atoms with van der Waals surface area (Å²) in [4.78, 5) is 22.3. The van der Waals surface area contributed by atoms with Gasteiger partial charge in [-0.3, -0.25) is 4.79 Å². The summed E-state index contributed by atoms with van der Waals surface area (Å²) in [5.74, 6) is -0.0936. The number of hydrogen-bond donors (Lipinski definition) is 0. The van der Waals surface area contributed by atoms with Crippen molar-refractivity contribution in [3.8, 4) is 0 Å². The highest BCUT2D eigenvalue weighted by molar-refractivity contribution is 7.90. The first-order valence-corrected chi connectivity index (χ1v) is 9.13. The Hall–Kier alpha value is -1.54. The van der Waals surface area contributed by atoms with E-state index >= 15 is 0 Å². The van der Waals surface area contributed by atoms with Crippen molar-refractivity contribution in [2.75, 3.05) is 24.5 Å². The number of fused-ring (bicyclic) bond motifs is 1. The van der Waals surface area contributed by atoms with Gasteiger partial charge in [0.15, 0.2) is 0 Å². The molecule has 22 heavy (non-hydrogen) atoms. The summed E-state index contributed by atoms with van der Waals surface area (Å²) in [6, 6.07) is 0. The van der Waals surface area contributed by atoms with E-state index in [-0.39, 0.29) is 23.0 Å². The van der Waals surface area contributed by atoms with Gasteiger partial charge in [-0.05, 0) is 25.2 Å². The van der Waals surface area contributed by atoms with E-state index in [2.05, 4.69) is 9.97 Å². The molecule has 0 aromatic carbocycles. The third-order valence-electron chi connectivity index (χ3n) is 4.88. The standard InChI is InChI=1S/C14H18N4O3S/c19-14-13-8-17(22(20,21)12-1-2-12)7-10(13)3-4-18(14)11-5-15-9-16-6-11/h5-6,9-10,12-13H,1-4,7-8H2/t10-,13+/m0/s1. The van der Waals surface area contributed by atoms with Crippen molar-refractivity contribution in [1.82, 2.24) is 14.3 Å². The van der Waals surface area contributed by atoms with Crippen LogP contribution in [0.4, 0.5) is 5.69 Å². The number of carbonyl (C=O) groups is 1. The van der Waals surface area contributed by atoms with Crippen molar-refractivity contribution in [1.29, 1.82) is 0 Å². The van der Waals surface area contributed by atoms with Gasteiger partial charge in [-0.1, -0.05) is 0 Å². The van der Waals surface area contributed by atoms with E-state index in [0.717, 1.165) is 19.3 Å². The number of sulfonamides is 1. The van der Waals surface area contributed by atoms with Crippen molar-refractivity contribution in [2.24, 2.45) is 11.8 Å². The first-order chi connectivity index (χ1) is 10.6. The van der Waals surface area contributed by atoms with E-state index in [1.807, 2.05) is 0 Å². The summed E-state index contributed by atoms with van der Waals surface area (Å²) in [5.41, 5.74) is 0.689. The molecular weight excluding hydrogens is 304 g/mol. The summed E-state index contributed by atoms with van der Waals surface area (Å²) in [6.45, 7) is 1.42. The molecule has 118 valence electrons. The fraction of sp³-hybridized carbons (Fsp3) is 0.643. The minimum Gasteiger partial charge on any atom is -0.309 e. The summed E-state index contributed by atoms with van der Waals surface area (Å²) in [6.07, 6.45) is 7.02. The summed E-state index contributed by atoms with van der Waals surface area (Å²) < 4.78 is 26.3. The summed E-state index contributed by atoms with van der Waals surface area (Å²) >= 11 is 0. The molecule has 2 saturated heterocycles. The number of amides is 1. The highest BCUT2D eigenvalue weighted by Gasteiger charge is 2.50. The number of anilines is 1. The molecule has 1 aromatic heterocycles. The number of rotatable bonds is 3. The average molecular weight is 322 g/mol. The fourth-order valence-electron chi connectivity index (χ4n) is 3.48. The van der Waals surface area contributed by atoms with E-state index in [4.69, 9.17) is 0 Å². The minimum atomic E-state index is -3.19. The Morgan fingerprint density at radius 3 is 2.50 bits per heavy atom. The van der Waals surface area contributed by atoms with Crippen LogP contribution in [0.5, 0.6) is 0 Å². The van der Waals surface area contributed by atoms with Crippen LogP contribution in [-0.2, 0) is 14.8 Å². The molecule has 0 N–H and O–H groups in total. The third kappa shape index (κ3) is 2.21. The van der Waals surface area contributed by atoms with Gasteiger partial charge in [-0.15, -0.1) is 0 Å². The molecule has 7 nitrogen and oxygen atoms in total. The Morgan fingerprint density at radius 1 is 1.09 bits per heavy atom. The van der Waals surface area contributed by atoms with Crippen molar-refractivity contribution in [3.05, 3.63) is 18.7 Å². The van der Waals surface area contributed by atoms with Gasteiger partial charge in [0.1, 0.15) is 6.33 Å². The van der Waals surface area contributed by atoms with E-state index in [9.17, 15) is 13.2 Å². The molecule has 4 rings (SSSR count). The van der Waals surface area contributed by atoms with Crippen LogP contribution in [0.1, 0.15) is 19.3 Å². The Kier molecular flexibility index (Phi) is 3.19. The first kappa shape index (κ1) is 14.1. The molecule has 1 saturated carbocycles. The predicted molar refractivity (Wildman–Crippen MR) is 79.5 cm³/mol. The second-order valence-corrected chi connectivity index (χ2v) is 8.52. The van der Waals surface area contributed by atoms with Crippen molar-refractivity contribution in [3.63, 3.8) is 0 Å². The molecule has 0 unspecified atom stereocenters. The van der Waals surface area contributed by atoms with E-state index in [0.29, 0.717) is 25.3 Å². The lowest BCUT2D eigenvalue weighted by molar-refractivity contribution is -0.124. The van der Waals surface area contributed by atoms with Gasteiger partial charge in [0, 0.05) is 19.6 Å². The van der Waals surface area contributed by atoms with Gasteiger partial charge in [0.05, 0.1) is 29.2 Å². The molecular formula is C14H18N4O3S. The lowest BCUT2D eigenvalue weighted by Gasteiger charge is -2.33. The molecule has 1 aromatic rings. The van der Waals surface area contributed by atoms with Crippen LogP contribution in [0, 0.1) is 11.8 Å². The van der Waals surface area contributed by atoms with Gasteiger partial charge < -0.3 is 4.90 Å². The third-order valence-corrected chi connectivity index (χ3v) is 7.21. The van der Waals surface area contributed by atoms with Crippen molar-refractivity contribution in [2.45, 2.75) is 24.5 Å². The Bertz CT molecular complexity index is 689. The number of aromatic nitrogens is 2. The summed E-state index contributed by atoms with van der Waals surface area (Å²) in [5, 5.41) is -0.207. The monoisotopic (exact) mass is 322 g/mol. The molecule has 1 aliphatic carbocycles. The Morgan fingerprint density at radius 2 is 1.82 bits per heavy atom. The predicted octanol–water partition coefficient (Wildman–Crippen LogP) is 0.253. The molecule has 0 bridgehead atoms. The van der Waals surface area contributed by atoms with Gasteiger partial charge in [-0.25, -0.2) is 22.7 Å². The fourth-order valence-corrected chi connectivity index (χ4v) is 5.40. The maximum absolute atomic E-state index is 12.7. The maximum atomic E-state index is 12.7. The topological polar surface area (TPSA) is 83.5 Å². The first-order valence-electron chi connectivity index (χ1n) is 7.63. The van der Waals surface area contributed by atoms with Crippen molar-refractivity contribution >= 4 is 21.6 Å². The molecule has 2 atom stereocenters. The second-order valence-electron chi connectivity index (χ2n) is 6.30. The number of piperidine rings is 1. The maximum Gasteiger partial charge on any atom is 0.231 e. The summed E-state index contributed by atoms with van der Waals surface area (Å²) in [7, 11) is -3.19. The Labute approximate surface area is 129 Å². The molecule has 3 heterocycles. The molecule has 3 fully saturated rings. The molecule has 3 aliphatic rings. The zero-order chi connectivity index (χ0) is 15.3. The Balaban J connectivity index is 1.54. The normalized spacial score (nSPS) is 29.6. The molecule has 1 amide bonds. The quantitative estimate of drug-likeness (QED) is 0.797. The smallest absolute Gasteiger partial charge is 0.231 e. The molecule has 0 radical (unpaired) electrons. The van der Waals surface area contributed by atoms with E-state index in [1.165, 1.54) is 6.33 Å². The highest BCUT2D eigenvalue weighted by Crippen LogP contribution is 2.39. The largest absolute Gasteiger partial charge is 0.309 e. The van der Waals surface area contributed by atoms with Crippen LogP contribution < -0.4 is 4.90 Å². The molecule has 8 heteroatoms. The van der Waals surface area contributed by atoms with E-state index in [1.54, 1.807) is 21.6 Å². The van der Waals surface area contributed by atoms with Crippen LogP contribution in [0.25, 0.3) is 0 Å². The van der Waals surface area contributed by atoms with Crippen LogP contribution in [0.3, 0.4) is 0 Å². The van der Waals surface area contributed by atoms with Gasteiger partial charge in [0.25, 0.3) is 0 Å². The van der Waals surface area contributed by atoms with Gasteiger partial charge in [0.2, 0.25) is 15.9 Å². The lowest BCUT2D eigenvalue weighted by atomic mass is 9.88.